The van der Waals surface area contributed by atoms with E-state index < -0.39 is 0 Å². The molecule has 2 heterocycles. The number of ether oxygens (including phenoxy) is 1. The molecular weight excluding hydrogens is 254 g/mol. The molecule has 0 aliphatic carbocycles. The molecule has 5 nitrogen and oxygen atoms in total. The summed E-state index contributed by atoms with van der Waals surface area (Å²) in [4.78, 5) is 12.1. The maximum atomic E-state index is 12.1. The average Bonchev–Trinajstić information content (AvgIpc) is 2.71. The van der Waals surface area contributed by atoms with Crippen LogP contribution < -0.4 is 0 Å². The van der Waals surface area contributed by atoms with Crippen LogP contribution in [0.15, 0.2) is 24.3 Å². The Morgan fingerprint density at radius 1 is 1.30 bits per heavy atom. The summed E-state index contributed by atoms with van der Waals surface area (Å²) in [5, 5.41) is 9.40. The fourth-order valence-electron chi connectivity index (χ4n) is 2.50. The highest BCUT2D eigenvalue weighted by atomic mass is 16.5. The predicted molar refractivity (Wildman–Crippen MR) is 76.7 cm³/mol. The first-order valence-corrected chi connectivity index (χ1v) is 6.52. The molecule has 0 saturated heterocycles. The Hall–Kier alpha value is -2.43. The summed E-state index contributed by atoms with van der Waals surface area (Å²) in [6.07, 6.45) is 0. The lowest BCUT2D eigenvalue weighted by Gasteiger charge is -2.01. The lowest BCUT2D eigenvalue weighted by Crippen LogP contribution is -2.07. The van der Waals surface area contributed by atoms with Gasteiger partial charge in [0, 0.05) is 18.1 Å². The number of hydrogen-bond donors (Lipinski definition) is 0. The van der Waals surface area contributed by atoms with Gasteiger partial charge in [0.05, 0.1) is 17.6 Å². The van der Waals surface area contributed by atoms with Gasteiger partial charge < -0.3 is 9.30 Å². The fraction of sp³-hybridized carbons (Fsp3) is 0.267. The molecular formula is C15H15N3O2. The number of hydrogen-bond acceptors (Lipinski definition) is 4. The first kappa shape index (κ1) is 12.6. The van der Waals surface area contributed by atoms with Crippen molar-refractivity contribution in [2.24, 2.45) is 7.05 Å². The topological polar surface area (TPSA) is 57.0 Å². The zero-order valence-electron chi connectivity index (χ0n) is 11.7. The van der Waals surface area contributed by atoms with Gasteiger partial charge in [0.1, 0.15) is 11.1 Å². The van der Waals surface area contributed by atoms with Crippen LogP contribution in [0.25, 0.3) is 21.9 Å². The van der Waals surface area contributed by atoms with E-state index in [1.165, 1.54) is 0 Å². The summed E-state index contributed by atoms with van der Waals surface area (Å²) >= 11 is 0. The van der Waals surface area contributed by atoms with Gasteiger partial charge >= 0.3 is 5.97 Å². The average molecular weight is 269 g/mol. The van der Waals surface area contributed by atoms with E-state index in [0.717, 1.165) is 22.1 Å². The molecule has 1 aromatic carbocycles. The SMILES string of the molecule is CCOC(=O)c1c(C)n(C)c2c1nnc1ccccc12. The molecule has 20 heavy (non-hydrogen) atoms. The molecule has 0 bridgehead atoms. The molecule has 0 saturated carbocycles. The first-order chi connectivity index (χ1) is 9.65. The summed E-state index contributed by atoms with van der Waals surface area (Å²) < 4.78 is 7.09. The Bertz CT molecular complexity index is 821. The van der Waals surface area contributed by atoms with Crippen LogP contribution in [0, 0.1) is 6.92 Å². The Morgan fingerprint density at radius 3 is 2.80 bits per heavy atom. The van der Waals surface area contributed by atoms with E-state index in [1.54, 1.807) is 6.92 Å². The minimum Gasteiger partial charge on any atom is -0.462 e. The Morgan fingerprint density at radius 2 is 2.05 bits per heavy atom. The van der Waals surface area contributed by atoms with Crippen LogP contribution in [0.2, 0.25) is 0 Å². The molecule has 0 N–H and O–H groups in total. The van der Waals surface area contributed by atoms with Gasteiger partial charge in [-0.3, -0.25) is 0 Å². The number of aryl methyl sites for hydroxylation is 1. The van der Waals surface area contributed by atoms with Crippen molar-refractivity contribution in [3.05, 3.63) is 35.5 Å². The van der Waals surface area contributed by atoms with Crippen LogP contribution in [0.5, 0.6) is 0 Å². The molecule has 102 valence electrons. The second-order valence-corrected chi connectivity index (χ2v) is 4.65. The Balaban J connectivity index is 2.41. The fourth-order valence-corrected chi connectivity index (χ4v) is 2.50. The van der Waals surface area contributed by atoms with E-state index in [4.69, 9.17) is 4.74 Å². The quantitative estimate of drug-likeness (QED) is 0.671. The van der Waals surface area contributed by atoms with Gasteiger partial charge in [0.2, 0.25) is 0 Å². The van der Waals surface area contributed by atoms with Crippen molar-refractivity contribution in [3.63, 3.8) is 0 Å². The van der Waals surface area contributed by atoms with Gasteiger partial charge in [-0.25, -0.2) is 4.79 Å². The highest BCUT2D eigenvalue weighted by Gasteiger charge is 2.22. The van der Waals surface area contributed by atoms with Gasteiger partial charge in [-0.2, -0.15) is 0 Å². The summed E-state index contributed by atoms with van der Waals surface area (Å²) in [6.45, 7) is 4.03. The standard InChI is InChI=1S/C15H15N3O2/c1-4-20-15(19)12-9(2)18(3)14-10-7-5-6-8-11(10)16-17-13(12)14/h5-8H,4H2,1-3H3. The van der Waals surface area contributed by atoms with Crippen LogP contribution in [0.4, 0.5) is 0 Å². The highest BCUT2D eigenvalue weighted by Crippen LogP contribution is 2.28. The van der Waals surface area contributed by atoms with E-state index in [-0.39, 0.29) is 5.97 Å². The number of carbonyl (C=O) groups is 1. The molecule has 0 atom stereocenters. The molecule has 5 heteroatoms. The summed E-state index contributed by atoms with van der Waals surface area (Å²) in [6, 6.07) is 7.77. The first-order valence-electron chi connectivity index (χ1n) is 6.52. The lowest BCUT2D eigenvalue weighted by molar-refractivity contribution is 0.0527. The monoisotopic (exact) mass is 269 g/mol. The molecule has 3 rings (SSSR count). The largest absolute Gasteiger partial charge is 0.462 e. The molecule has 0 unspecified atom stereocenters. The Kier molecular flexibility index (Phi) is 2.89. The van der Waals surface area contributed by atoms with Crippen molar-refractivity contribution in [1.82, 2.24) is 14.8 Å². The molecule has 3 aromatic rings. The Labute approximate surface area is 116 Å². The van der Waals surface area contributed by atoms with Crippen molar-refractivity contribution in [3.8, 4) is 0 Å². The molecule has 0 spiro atoms. The second-order valence-electron chi connectivity index (χ2n) is 4.65. The van der Waals surface area contributed by atoms with E-state index in [2.05, 4.69) is 10.2 Å². The van der Waals surface area contributed by atoms with Crippen molar-refractivity contribution in [1.29, 1.82) is 0 Å². The normalized spacial score (nSPS) is 11.2. The second kappa shape index (κ2) is 4.59. The van der Waals surface area contributed by atoms with Gasteiger partial charge in [-0.05, 0) is 19.9 Å². The third kappa shape index (κ3) is 1.66. The van der Waals surface area contributed by atoms with E-state index >= 15 is 0 Å². The van der Waals surface area contributed by atoms with Crippen molar-refractivity contribution < 1.29 is 9.53 Å². The third-order valence-corrected chi connectivity index (χ3v) is 3.56. The van der Waals surface area contributed by atoms with Crippen LogP contribution in [-0.4, -0.2) is 27.3 Å². The molecule has 2 aromatic heterocycles. The van der Waals surface area contributed by atoms with Crippen LogP contribution in [0.1, 0.15) is 23.0 Å². The molecule has 0 amide bonds. The van der Waals surface area contributed by atoms with Gasteiger partial charge in [-0.1, -0.05) is 18.2 Å². The number of benzene rings is 1. The van der Waals surface area contributed by atoms with Gasteiger partial charge in [-0.15, -0.1) is 10.2 Å². The summed E-state index contributed by atoms with van der Waals surface area (Å²) in [7, 11) is 1.93. The van der Waals surface area contributed by atoms with Gasteiger partial charge in [0.15, 0.2) is 0 Å². The summed E-state index contributed by atoms with van der Waals surface area (Å²) in [5.74, 6) is -0.347. The molecule has 0 radical (unpaired) electrons. The van der Waals surface area contributed by atoms with Crippen LogP contribution in [-0.2, 0) is 11.8 Å². The van der Waals surface area contributed by atoms with E-state index in [1.807, 2.05) is 42.8 Å². The third-order valence-electron chi connectivity index (χ3n) is 3.56. The zero-order chi connectivity index (χ0) is 14.3. The predicted octanol–water partition coefficient (Wildman–Crippen LogP) is 2.61. The molecule has 0 aliphatic rings. The van der Waals surface area contributed by atoms with E-state index in [0.29, 0.717) is 17.7 Å². The molecule has 0 fully saturated rings. The smallest absolute Gasteiger partial charge is 0.342 e. The number of carbonyl (C=O) groups excluding carboxylic acids is 1. The lowest BCUT2D eigenvalue weighted by atomic mass is 10.1. The van der Waals surface area contributed by atoms with Gasteiger partial charge in [0.25, 0.3) is 0 Å². The number of esters is 1. The highest BCUT2D eigenvalue weighted by molar-refractivity contribution is 6.11. The number of aromatic nitrogens is 3. The summed E-state index contributed by atoms with van der Waals surface area (Å²) in [5.41, 5.74) is 3.67. The van der Waals surface area contributed by atoms with Crippen molar-refractivity contribution >= 4 is 27.9 Å². The maximum Gasteiger partial charge on any atom is 0.342 e. The van der Waals surface area contributed by atoms with Crippen LogP contribution in [0.3, 0.4) is 0 Å². The van der Waals surface area contributed by atoms with Crippen molar-refractivity contribution in [2.45, 2.75) is 13.8 Å². The zero-order valence-corrected chi connectivity index (χ0v) is 11.7. The minimum absolute atomic E-state index is 0.343. The van der Waals surface area contributed by atoms with E-state index in [9.17, 15) is 4.79 Å². The number of nitrogens with zero attached hydrogens (tertiary/aromatic N) is 3. The molecule has 0 aliphatic heterocycles. The number of fused-ring (bicyclic) bond motifs is 3. The minimum atomic E-state index is -0.347. The van der Waals surface area contributed by atoms with Crippen molar-refractivity contribution in [2.75, 3.05) is 6.61 Å². The number of rotatable bonds is 2. The maximum absolute atomic E-state index is 12.1. The van der Waals surface area contributed by atoms with Crippen LogP contribution >= 0.6 is 0 Å².